The van der Waals surface area contributed by atoms with Crippen LogP contribution in [0.15, 0.2) is 24.3 Å². The Hall–Kier alpha value is -2.92. The lowest BCUT2D eigenvalue weighted by Gasteiger charge is -2.20. The number of alkyl halides is 6. The number of aromatic nitrogens is 2. The van der Waals surface area contributed by atoms with E-state index in [0.717, 1.165) is 0 Å². The highest BCUT2D eigenvalue weighted by molar-refractivity contribution is 5.67. The van der Waals surface area contributed by atoms with Crippen molar-refractivity contribution in [3.05, 3.63) is 46.6 Å². The van der Waals surface area contributed by atoms with Crippen LogP contribution < -0.4 is 5.73 Å². The van der Waals surface area contributed by atoms with Gasteiger partial charge in [-0.1, -0.05) is 0 Å². The summed E-state index contributed by atoms with van der Waals surface area (Å²) in [6.07, 6.45) is -10.3. The van der Waals surface area contributed by atoms with E-state index in [9.17, 15) is 31.1 Å². The number of rotatable bonds is 2. The lowest BCUT2D eigenvalue weighted by Crippen LogP contribution is -2.31. The van der Waals surface area contributed by atoms with E-state index in [4.69, 9.17) is 10.5 Å². The number of carbonyl (C=O) groups excluding carboxylic acids is 1. The number of nitrogens with two attached hydrogens (primary N) is 1. The molecule has 158 valence electrons. The molecule has 2 heterocycles. The third-order valence-corrected chi connectivity index (χ3v) is 4.30. The summed E-state index contributed by atoms with van der Waals surface area (Å²) >= 11 is 0. The largest absolute Gasteiger partial charge is 0.445 e. The summed E-state index contributed by atoms with van der Waals surface area (Å²) in [7, 11) is 0. The Morgan fingerprint density at radius 3 is 2.24 bits per heavy atom. The molecule has 12 heteroatoms. The quantitative estimate of drug-likeness (QED) is 0.742. The van der Waals surface area contributed by atoms with Gasteiger partial charge in [-0.15, -0.1) is 0 Å². The first-order valence-corrected chi connectivity index (χ1v) is 8.46. The molecule has 2 aromatic rings. The molecular formula is C17H16F6N4O2. The van der Waals surface area contributed by atoms with E-state index in [1.54, 1.807) is 10.7 Å². The number of amides is 1. The molecule has 1 aliphatic rings. The Morgan fingerprint density at radius 2 is 1.66 bits per heavy atom. The topological polar surface area (TPSA) is 73.4 Å². The molecular weight excluding hydrogens is 406 g/mol. The van der Waals surface area contributed by atoms with Gasteiger partial charge in [0.25, 0.3) is 0 Å². The smallest absolute Gasteiger partial charge is 0.416 e. The van der Waals surface area contributed by atoms with Crippen LogP contribution in [0.25, 0.3) is 0 Å². The third kappa shape index (κ3) is 4.93. The normalized spacial score (nSPS) is 15.0. The predicted octanol–water partition coefficient (Wildman–Crippen LogP) is 4.05. The standard InChI is InChI=1S/C17H16F6N4O2/c18-16(19,20)11-4-10(5-12(6-11)17(21,22)23)9-29-15(28)26-2-1-3-27-13(8-26)7-14(24)25-27/h4-7H,1-3,8-9H2,(H2,24,25). The van der Waals surface area contributed by atoms with Gasteiger partial charge < -0.3 is 15.4 Å². The molecule has 0 atom stereocenters. The van der Waals surface area contributed by atoms with Crippen LogP contribution >= 0.6 is 0 Å². The summed E-state index contributed by atoms with van der Waals surface area (Å²) in [5.74, 6) is 0.277. The number of halogens is 6. The predicted molar refractivity (Wildman–Crippen MR) is 88.3 cm³/mol. The van der Waals surface area contributed by atoms with Crippen LogP contribution in [0.4, 0.5) is 37.0 Å². The number of nitrogen functional groups attached to an aromatic ring is 1. The second-order valence-electron chi connectivity index (χ2n) is 6.53. The summed E-state index contributed by atoms with van der Waals surface area (Å²) in [5.41, 5.74) is 2.92. The van der Waals surface area contributed by atoms with Gasteiger partial charge in [-0.05, 0) is 30.2 Å². The third-order valence-electron chi connectivity index (χ3n) is 4.30. The highest BCUT2D eigenvalue weighted by Crippen LogP contribution is 2.36. The Morgan fingerprint density at radius 1 is 1.03 bits per heavy atom. The Balaban J connectivity index is 1.74. The number of ether oxygens (including phenoxy) is 1. The summed E-state index contributed by atoms with van der Waals surface area (Å²) in [4.78, 5) is 13.6. The molecule has 0 spiro atoms. The van der Waals surface area contributed by atoms with Crippen molar-refractivity contribution >= 4 is 11.9 Å². The van der Waals surface area contributed by atoms with Gasteiger partial charge in [0, 0.05) is 19.2 Å². The van der Waals surface area contributed by atoms with Crippen molar-refractivity contribution in [3.8, 4) is 0 Å². The Labute approximate surface area is 160 Å². The first kappa shape index (κ1) is 20.8. The van der Waals surface area contributed by atoms with Gasteiger partial charge in [-0.3, -0.25) is 4.68 Å². The van der Waals surface area contributed by atoms with E-state index in [0.29, 0.717) is 37.3 Å². The van der Waals surface area contributed by atoms with Crippen LogP contribution in [-0.4, -0.2) is 27.3 Å². The van der Waals surface area contributed by atoms with Crippen molar-refractivity contribution in [1.82, 2.24) is 14.7 Å². The van der Waals surface area contributed by atoms with Crippen molar-refractivity contribution in [1.29, 1.82) is 0 Å². The van der Waals surface area contributed by atoms with Crippen molar-refractivity contribution in [2.75, 3.05) is 12.3 Å². The van der Waals surface area contributed by atoms with Crippen LogP contribution in [0.2, 0.25) is 0 Å². The monoisotopic (exact) mass is 422 g/mol. The van der Waals surface area contributed by atoms with Crippen LogP contribution in [0.1, 0.15) is 28.8 Å². The van der Waals surface area contributed by atoms with E-state index >= 15 is 0 Å². The second-order valence-corrected chi connectivity index (χ2v) is 6.53. The van der Waals surface area contributed by atoms with E-state index in [1.807, 2.05) is 0 Å². The maximum Gasteiger partial charge on any atom is 0.416 e. The van der Waals surface area contributed by atoms with Gasteiger partial charge in [-0.2, -0.15) is 31.4 Å². The molecule has 0 saturated carbocycles. The van der Waals surface area contributed by atoms with E-state index in [1.165, 1.54) is 4.90 Å². The van der Waals surface area contributed by atoms with Crippen molar-refractivity contribution < 1.29 is 35.9 Å². The minimum Gasteiger partial charge on any atom is -0.445 e. The maximum atomic E-state index is 12.9. The van der Waals surface area contributed by atoms with E-state index < -0.39 is 41.7 Å². The fourth-order valence-corrected chi connectivity index (χ4v) is 2.98. The molecule has 0 radical (unpaired) electrons. The summed E-state index contributed by atoms with van der Waals surface area (Å²) in [6, 6.07) is 2.65. The summed E-state index contributed by atoms with van der Waals surface area (Å²) in [5, 5.41) is 4.07. The molecule has 1 aromatic carbocycles. The first-order chi connectivity index (χ1) is 13.4. The zero-order valence-electron chi connectivity index (χ0n) is 14.8. The van der Waals surface area contributed by atoms with Crippen molar-refractivity contribution in [2.45, 2.75) is 38.5 Å². The fraction of sp³-hybridized carbons (Fsp3) is 0.412. The fourth-order valence-electron chi connectivity index (χ4n) is 2.98. The van der Waals surface area contributed by atoms with Crippen LogP contribution in [-0.2, 0) is 36.8 Å². The van der Waals surface area contributed by atoms with E-state index in [-0.39, 0.29) is 18.4 Å². The molecule has 3 rings (SSSR count). The molecule has 0 saturated heterocycles. The molecule has 0 aliphatic carbocycles. The molecule has 0 unspecified atom stereocenters. The average molecular weight is 422 g/mol. The maximum absolute atomic E-state index is 12.9. The molecule has 1 amide bonds. The van der Waals surface area contributed by atoms with Crippen LogP contribution in [0.3, 0.4) is 0 Å². The Bertz CT molecular complexity index is 874. The molecule has 2 N–H and O–H groups in total. The van der Waals surface area contributed by atoms with Crippen molar-refractivity contribution in [2.24, 2.45) is 0 Å². The second kappa shape index (κ2) is 7.48. The summed E-state index contributed by atoms with van der Waals surface area (Å²) in [6.45, 7) is 0.181. The molecule has 1 aliphatic heterocycles. The van der Waals surface area contributed by atoms with Crippen molar-refractivity contribution in [3.63, 3.8) is 0 Å². The SMILES string of the molecule is Nc1cc2n(n1)CCCN(C(=O)OCc1cc(C(F)(F)F)cc(C(F)(F)F)c1)C2. The van der Waals surface area contributed by atoms with E-state index in [2.05, 4.69) is 5.10 Å². The zero-order valence-corrected chi connectivity index (χ0v) is 14.8. The molecule has 6 nitrogen and oxygen atoms in total. The lowest BCUT2D eigenvalue weighted by atomic mass is 10.1. The van der Waals surface area contributed by atoms with Crippen LogP contribution in [0.5, 0.6) is 0 Å². The Kier molecular flexibility index (Phi) is 5.37. The number of carbonyl (C=O) groups is 1. The van der Waals surface area contributed by atoms with Crippen LogP contribution in [0, 0.1) is 0 Å². The van der Waals surface area contributed by atoms with Gasteiger partial charge in [0.2, 0.25) is 0 Å². The van der Waals surface area contributed by atoms with Gasteiger partial charge in [-0.25, -0.2) is 4.79 Å². The lowest BCUT2D eigenvalue weighted by molar-refractivity contribution is -0.143. The number of benzene rings is 1. The highest BCUT2D eigenvalue weighted by atomic mass is 19.4. The number of hydrogen-bond acceptors (Lipinski definition) is 4. The average Bonchev–Trinajstić information content (AvgIpc) is 2.84. The first-order valence-electron chi connectivity index (χ1n) is 8.46. The highest BCUT2D eigenvalue weighted by Gasteiger charge is 2.37. The number of aryl methyl sites for hydroxylation is 1. The molecule has 0 fully saturated rings. The number of fused-ring (bicyclic) bond motifs is 1. The van der Waals surface area contributed by atoms with Gasteiger partial charge in [0.05, 0.1) is 23.4 Å². The summed E-state index contributed by atoms with van der Waals surface area (Å²) < 4.78 is 84.1. The van der Waals surface area contributed by atoms with Gasteiger partial charge in [0.1, 0.15) is 12.4 Å². The van der Waals surface area contributed by atoms with Gasteiger partial charge in [0.15, 0.2) is 0 Å². The van der Waals surface area contributed by atoms with Gasteiger partial charge >= 0.3 is 18.4 Å². The minimum absolute atomic E-state index is 0.0195. The number of hydrogen-bond donors (Lipinski definition) is 1. The molecule has 0 bridgehead atoms. The molecule has 29 heavy (non-hydrogen) atoms. The number of nitrogens with zero attached hydrogens (tertiary/aromatic N) is 3. The minimum atomic E-state index is -4.97. The zero-order chi connectivity index (χ0) is 21.4. The molecule has 1 aromatic heterocycles. The number of anilines is 1.